The number of amides is 2. The molecule has 4 rings (SSSR count). The second-order valence-corrected chi connectivity index (χ2v) is 17.2. The van der Waals surface area contributed by atoms with Gasteiger partial charge in [0, 0.05) is 30.1 Å². The van der Waals surface area contributed by atoms with E-state index in [1.54, 1.807) is 4.90 Å². The summed E-state index contributed by atoms with van der Waals surface area (Å²) in [7, 11) is -2.11. The van der Waals surface area contributed by atoms with Crippen molar-refractivity contribution < 1.29 is 27.2 Å². The number of hydrogen-bond acceptors (Lipinski definition) is 4. The van der Waals surface area contributed by atoms with Gasteiger partial charge in [0.1, 0.15) is 11.9 Å². The molecule has 40 heavy (non-hydrogen) atoms. The van der Waals surface area contributed by atoms with Crippen LogP contribution in [0.25, 0.3) is 0 Å². The first-order chi connectivity index (χ1) is 18.6. The van der Waals surface area contributed by atoms with Gasteiger partial charge in [-0.2, -0.15) is 18.3 Å². The number of hydrogen-bond donors (Lipinski definition) is 1. The zero-order valence-corrected chi connectivity index (χ0v) is 25.5. The van der Waals surface area contributed by atoms with Crippen molar-refractivity contribution in [1.29, 1.82) is 0 Å². The lowest BCUT2D eigenvalue weighted by Crippen LogP contribution is -2.56. The molecule has 1 aromatic heterocycles. The van der Waals surface area contributed by atoms with Crippen LogP contribution in [-0.2, 0) is 28.5 Å². The number of nitrogens with zero attached hydrogens (tertiary/aromatic N) is 3. The Bertz CT molecular complexity index is 1260. The zero-order chi connectivity index (χ0) is 29.6. The fourth-order valence-electron chi connectivity index (χ4n) is 5.16. The van der Waals surface area contributed by atoms with Crippen molar-refractivity contribution in [3.8, 4) is 0 Å². The Balaban J connectivity index is 1.75. The average Bonchev–Trinajstić information content (AvgIpc) is 3.65. The van der Waals surface area contributed by atoms with Crippen LogP contribution in [0.2, 0.25) is 18.1 Å². The molecule has 1 saturated carbocycles. The molecule has 2 amide bonds. The lowest BCUT2D eigenvalue weighted by Gasteiger charge is -2.39. The van der Waals surface area contributed by atoms with Crippen LogP contribution < -0.4 is 10.2 Å². The number of fused-ring (bicyclic) bond motifs is 1. The maximum atomic E-state index is 13.9. The Morgan fingerprint density at radius 3 is 2.40 bits per heavy atom. The van der Waals surface area contributed by atoms with E-state index in [0.717, 1.165) is 48.5 Å². The number of aryl methyl sites for hydroxylation is 1. The maximum Gasteiger partial charge on any atom is 0.416 e. The Labute approximate surface area is 235 Å². The third kappa shape index (κ3) is 5.86. The van der Waals surface area contributed by atoms with Crippen molar-refractivity contribution in [3.63, 3.8) is 0 Å². The smallest absolute Gasteiger partial charge is 0.411 e. The van der Waals surface area contributed by atoms with Crippen molar-refractivity contribution in [3.05, 3.63) is 46.6 Å². The van der Waals surface area contributed by atoms with Crippen molar-refractivity contribution in [2.24, 2.45) is 5.92 Å². The van der Waals surface area contributed by atoms with Crippen molar-refractivity contribution in [1.82, 2.24) is 15.1 Å². The van der Waals surface area contributed by atoms with Crippen molar-refractivity contribution >= 4 is 25.9 Å². The minimum atomic E-state index is -4.58. The topological polar surface area (TPSA) is 76.5 Å². The number of likely N-dealkylation sites (N-methyl/N-ethyl adjacent to an activating group) is 1. The summed E-state index contributed by atoms with van der Waals surface area (Å²) < 4.78 is 48.4. The van der Waals surface area contributed by atoms with Gasteiger partial charge in [0.15, 0.2) is 8.32 Å². The number of anilines is 1. The van der Waals surface area contributed by atoms with Crippen molar-refractivity contribution in [2.45, 2.75) is 103 Å². The van der Waals surface area contributed by atoms with Crippen LogP contribution >= 0.6 is 0 Å². The van der Waals surface area contributed by atoms with Gasteiger partial charge >= 0.3 is 6.18 Å². The molecule has 0 unspecified atom stereocenters. The molecular weight excluding hydrogens is 537 g/mol. The molecule has 0 bridgehead atoms. The van der Waals surface area contributed by atoms with Gasteiger partial charge in [-0.25, -0.2) is 4.68 Å². The Hall–Kier alpha value is -2.66. The Morgan fingerprint density at radius 1 is 1.18 bits per heavy atom. The summed E-state index contributed by atoms with van der Waals surface area (Å²) >= 11 is 0. The molecule has 2 heterocycles. The van der Waals surface area contributed by atoms with Gasteiger partial charge in [-0.1, -0.05) is 33.8 Å². The summed E-state index contributed by atoms with van der Waals surface area (Å²) in [5, 5.41) is 7.79. The number of aromatic nitrogens is 2. The largest absolute Gasteiger partial charge is 0.416 e. The predicted octanol–water partition coefficient (Wildman–Crippen LogP) is 6.49. The number of carbonyl (C=O) groups excluding carboxylic acids is 2. The van der Waals surface area contributed by atoms with E-state index in [1.165, 1.54) is 12.1 Å². The summed E-state index contributed by atoms with van der Waals surface area (Å²) in [6.07, 6.45) is -1.94. The molecule has 1 aliphatic carbocycles. The molecule has 0 saturated heterocycles. The summed E-state index contributed by atoms with van der Waals surface area (Å²) in [6, 6.07) is 3.39. The second kappa shape index (κ2) is 11.0. The normalized spacial score (nSPS) is 20.1. The Morgan fingerprint density at radius 2 is 1.85 bits per heavy atom. The van der Waals surface area contributed by atoms with Gasteiger partial charge in [0.25, 0.3) is 11.8 Å². The van der Waals surface area contributed by atoms with E-state index in [0.29, 0.717) is 19.7 Å². The maximum absolute atomic E-state index is 13.9. The number of halogens is 3. The summed E-state index contributed by atoms with van der Waals surface area (Å²) in [5.41, 5.74) is 0.659. The number of alkyl halides is 3. The van der Waals surface area contributed by atoms with Crippen LogP contribution in [-0.4, -0.2) is 42.5 Å². The first-order valence-electron chi connectivity index (χ1n) is 14.1. The standard InChI is InChI=1S/C29H41F3N4O3Si/c1-8-15-36-26-23(21(34-36)17-39-40(6,7)28(3,4)5)22(18-13-14-18)24(27(38)35(26)9-2)33-25(37)19-11-10-12-20(16-19)29(30,31)32/h10-12,16,18,22,24H,8-9,13-15,17H2,1-7H3,(H,33,37)/t22-,24-/m1/s1. The lowest BCUT2D eigenvalue weighted by atomic mass is 9.82. The van der Waals surface area contributed by atoms with Crippen LogP contribution in [0.3, 0.4) is 0 Å². The first-order valence-corrected chi connectivity index (χ1v) is 17.0. The number of nitrogens with one attached hydrogen (secondary N) is 1. The minimum Gasteiger partial charge on any atom is -0.411 e. The molecule has 220 valence electrons. The van der Waals surface area contributed by atoms with Gasteiger partial charge < -0.3 is 9.74 Å². The molecule has 0 spiro atoms. The molecule has 2 atom stereocenters. The first kappa shape index (κ1) is 30.3. The van der Waals surface area contributed by atoms with E-state index in [2.05, 4.69) is 46.1 Å². The molecule has 0 radical (unpaired) electrons. The van der Waals surface area contributed by atoms with E-state index in [9.17, 15) is 22.8 Å². The van der Waals surface area contributed by atoms with Crippen molar-refractivity contribution in [2.75, 3.05) is 11.4 Å². The quantitative estimate of drug-likeness (QED) is 0.345. The van der Waals surface area contributed by atoms with Crippen LogP contribution in [0.1, 0.15) is 87.0 Å². The zero-order valence-electron chi connectivity index (χ0n) is 24.5. The highest BCUT2D eigenvalue weighted by Crippen LogP contribution is 2.51. The summed E-state index contributed by atoms with van der Waals surface area (Å²) in [4.78, 5) is 28.9. The molecule has 1 fully saturated rings. The van der Waals surface area contributed by atoms with E-state index in [4.69, 9.17) is 9.52 Å². The fraction of sp³-hybridized carbons (Fsp3) is 0.621. The predicted molar refractivity (Wildman–Crippen MR) is 151 cm³/mol. The molecule has 2 aromatic rings. The molecule has 1 aliphatic heterocycles. The van der Waals surface area contributed by atoms with Crippen LogP contribution in [0.4, 0.5) is 19.0 Å². The third-order valence-corrected chi connectivity index (χ3v) is 13.0. The van der Waals surface area contributed by atoms with E-state index in [1.807, 2.05) is 11.6 Å². The van der Waals surface area contributed by atoms with Gasteiger partial charge in [0.05, 0.1) is 17.9 Å². The highest BCUT2D eigenvalue weighted by molar-refractivity contribution is 6.74. The van der Waals surface area contributed by atoms with E-state index in [-0.39, 0.29) is 28.3 Å². The molecule has 7 nitrogen and oxygen atoms in total. The highest BCUT2D eigenvalue weighted by atomic mass is 28.4. The van der Waals surface area contributed by atoms with E-state index < -0.39 is 32.0 Å². The average molecular weight is 579 g/mol. The molecule has 1 aromatic carbocycles. The summed E-state index contributed by atoms with van der Waals surface area (Å²) in [5.74, 6) is -0.372. The Kier molecular flexibility index (Phi) is 8.30. The lowest BCUT2D eigenvalue weighted by molar-refractivity contribution is -0.137. The molecule has 1 N–H and O–H groups in total. The SMILES string of the molecule is CCCn1nc(CO[Si](C)(C)C(C)(C)C)c2c1N(CC)C(=O)[C@H](NC(=O)c1cccc(C(F)(F)F)c1)[C@@H]2C1CC1. The summed E-state index contributed by atoms with van der Waals surface area (Å²) in [6.45, 7) is 16.1. The van der Waals surface area contributed by atoms with E-state index >= 15 is 0 Å². The van der Waals surface area contributed by atoms with Crippen LogP contribution in [0, 0.1) is 5.92 Å². The fourth-order valence-corrected chi connectivity index (χ4v) is 6.09. The third-order valence-electron chi connectivity index (χ3n) is 8.51. The van der Waals surface area contributed by atoms with Gasteiger partial charge in [-0.05, 0) is 68.4 Å². The minimum absolute atomic E-state index is 0.00181. The molecule has 11 heteroatoms. The van der Waals surface area contributed by atoms with Gasteiger partial charge in [0.2, 0.25) is 0 Å². The number of rotatable bonds is 9. The highest BCUT2D eigenvalue weighted by Gasteiger charge is 2.51. The number of carbonyl (C=O) groups is 2. The second-order valence-electron chi connectivity index (χ2n) is 12.4. The van der Waals surface area contributed by atoms with Gasteiger partial charge in [-0.15, -0.1) is 0 Å². The van der Waals surface area contributed by atoms with Crippen LogP contribution in [0.5, 0.6) is 0 Å². The molecular formula is C29H41F3N4O3Si. The number of benzene rings is 1. The van der Waals surface area contributed by atoms with Crippen LogP contribution in [0.15, 0.2) is 24.3 Å². The molecule has 2 aliphatic rings. The monoisotopic (exact) mass is 578 g/mol. The van der Waals surface area contributed by atoms with Gasteiger partial charge in [-0.3, -0.25) is 14.5 Å².